The SMILES string of the molecule is CC(C)N(CC(=O)c1ccc(Br)cc1)Cc1cccs1. The summed E-state index contributed by atoms with van der Waals surface area (Å²) in [4.78, 5) is 15.8. The molecule has 1 aromatic heterocycles. The standard InChI is InChI=1S/C16H18BrNOS/c1-12(2)18(10-15-4-3-9-20-15)11-16(19)13-5-7-14(17)8-6-13/h3-9,12H,10-11H2,1-2H3. The number of thiophene rings is 1. The van der Waals surface area contributed by atoms with Crippen molar-refractivity contribution in [3.8, 4) is 0 Å². The largest absolute Gasteiger partial charge is 0.293 e. The number of benzene rings is 1. The summed E-state index contributed by atoms with van der Waals surface area (Å²) >= 11 is 5.12. The third-order valence-electron chi connectivity index (χ3n) is 3.18. The molecule has 0 saturated heterocycles. The van der Waals surface area contributed by atoms with Gasteiger partial charge < -0.3 is 0 Å². The molecule has 0 radical (unpaired) electrons. The minimum absolute atomic E-state index is 0.169. The summed E-state index contributed by atoms with van der Waals surface area (Å²) in [7, 11) is 0. The van der Waals surface area contributed by atoms with Gasteiger partial charge in [0.1, 0.15) is 0 Å². The molecule has 20 heavy (non-hydrogen) atoms. The van der Waals surface area contributed by atoms with Crippen molar-refractivity contribution in [2.75, 3.05) is 6.54 Å². The number of ketones is 1. The molecule has 1 aromatic carbocycles. The van der Waals surface area contributed by atoms with E-state index in [-0.39, 0.29) is 5.78 Å². The van der Waals surface area contributed by atoms with E-state index in [0.717, 1.165) is 16.6 Å². The van der Waals surface area contributed by atoms with Crippen LogP contribution in [0.25, 0.3) is 0 Å². The molecule has 0 amide bonds. The molecule has 106 valence electrons. The quantitative estimate of drug-likeness (QED) is 0.708. The molecule has 0 spiro atoms. The van der Waals surface area contributed by atoms with Gasteiger partial charge in [0.25, 0.3) is 0 Å². The highest BCUT2D eigenvalue weighted by Gasteiger charge is 2.16. The van der Waals surface area contributed by atoms with Crippen molar-refractivity contribution in [1.82, 2.24) is 4.90 Å². The number of carbonyl (C=O) groups is 1. The smallest absolute Gasteiger partial charge is 0.176 e. The summed E-state index contributed by atoms with van der Waals surface area (Å²) in [6, 6.07) is 12.1. The van der Waals surface area contributed by atoms with E-state index in [0.29, 0.717) is 12.6 Å². The summed E-state index contributed by atoms with van der Waals surface area (Å²) in [5.41, 5.74) is 0.769. The van der Waals surface area contributed by atoms with Crippen molar-refractivity contribution < 1.29 is 4.79 Å². The highest BCUT2D eigenvalue weighted by atomic mass is 79.9. The Morgan fingerprint density at radius 2 is 1.95 bits per heavy atom. The second kappa shape index (κ2) is 7.16. The number of hydrogen-bond donors (Lipinski definition) is 0. The van der Waals surface area contributed by atoms with Gasteiger partial charge >= 0.3 is 0 Å². The first-order valence-corrected chi connectivity index (χ1v) is 8.28. The van der Waals surface area contributed by atoms with Crippen molar-refractivity contribution in [2.24, 2.45) is 0 Å². The summed E-state index contributed by atoms with van der Waals surface area (Å²) in [6.07, 6.45) is 0. The fraction of sp³-hybridized carbons (Fsp3) is 0.312. The van der Waals surface area contributed by atoms with Crippen LogP contribution >= 0.6 is 27.3 Å². The van der Waals surface area contributed by atoms with Gasteiger partial charge in [0, 0.05) is 27.5 Å². The van der Waals surface area contributed by atoms with Crippen LogP contribution in [-0.4, -0.2) is 23.3 Å². The molecule has 4 heteroatoms. The first-order valence-electron chi connectivity index (χ1n) is 6.61. The second-order valence-corrected chi connectivity index (χ2v) is 6.96. The average Bonchev–Trinajstić information content (AvgIpc) is 2.91. The number of Topliss-reactive ketones (excluding diaryl/α,β-unsaturated/α-hetero) is 1. The van der Waals surface area contributed by atoms with Gasteiger partial charge in [-0.15, -0.1) is 11.3 Å². The molecule has 0 aliphatic heterocycles. The molecule has 0 atom stereocenters. The topological polar surface area (TPSA) is 20.3 Å². The zero-order valence-electron chi connectivity index (χ0n) is 11.7. The van der Waals surface area contributed by atoms with Gasteiger partial charge in [-0.05, 0) is 37.4 Å². The lowest BCUT2D eigenvalue weighted by molar-refractivity contribution is 0.0899. The maximum absolute atomic E-state index is 12.3. The Morgan fingerprint density at radius 3 is 2.50 bits per heavy atom. The van der Waals surface area contributed by atoms with Gasteiger partial charge in [-0.25, -0.2) is 0 Å². The van der Waals surface area contributed by atoms with E-state index in [1.54, 1.807) is 11.3 Å². The molecule has 0 unspecified atom stereocenters. The van der Waals surface area contributed by atoms with E-state index in [1.165, 1.54) is 4.88 Å². The van der Waals surface area contributed by atoms with Crippen LogP contribution in [0.2, 0.25) is 0 Å². The molecule has 0 N–H and O–H groups in total. The molecule has 2 nitrogen and oxygen atoms in total. The monoisotopic (exact) mass is 351 g/mol. The van der Waals surface area contributed by atoms with Crippen molar-refractivity contribution in [3.63, 3.8) is 0 Å². The number of halogens is 1. The third-order valence-corrected chi connectivity index (χ3v) is 4.57. The Bertz CT molecular complexity index is 548. The van der Waals surface area contributed by atoms with Gasteiger partial charge in [0.15, 0.2) is 5.78 Å². The molecular weight excluding hydrogens is 334 g/mol. The molecule has 1 heterocycles. The first kappa shape index (κ1) is 15.4. The summed E-state index contributed by atoms with van der Waals surface area (Å²) in [5.74, 6) is 0.169. The number of hydrogen-bond acceptors (Lipinski definition) is 3. The van der Waals surface area contributed by atoms with E-state index in [9.17, 15) is 4.79 Å². The van der Waals surface area contributed by atoms with Crippen LogP contribution < -0.4 is 0 Å². The predicted octanol–water partition coefficient (Wildman–Crippen LogP) is 4.60. The van der Waals surface area contributed by atoms with E-state index >= 15 is 0 Å². The summed E-state index contributed by atoms with van der Waals surface area (Å²) < 4.78 is 0.994. The van der Waals surface area contributed by atoms with E-state index in [1.807, 2.05) is 24.3 Å². The Labute approximate surface area is 132 Å². The van der Waals surface area contributed by atoms with Crippen molar-refractivity contribution >= 4 is 33.0 Å². The van der Waals surface area contributed by atoms with Crippen LogP contribution in [0.4, 0.5) is 0 Å². The van der Waals surface area contributed by atoms with Gasteiger partial charge in [0.2, 0.25) is 0 Å². The van der Waals surface area contributed by atoms with Crippen LogP contribution in [0.1, 0.15) is 29.1 Å². The van der Waals surface area contributed by atoms with Gasteiger partial charge in [-0.3, -0.25) is 9.69 Å². The molecule has 0 aliphatic rings. The highest BCUT2D eigenvalue weighted by Crippen LogP contribution is 2.16. The molecule has 0 saturated carbocycles. The minimum atomic E-state index is 0.169. The number of nitrogens with zero attached hydrogens (tertiary/aromatic N) is 1. The average molecular weight is 352 g/mol. The molecule has 0 aliphatic carbocycles. The van der Waals surface area contributed by atoms with Crippen LogP contribution in [0.15, 0.2) is 46.3 Å². The molecule has 2 rings (SSSR count). The van der Waals surface area contributed by atoms with Crippen molar-refractivity contribution in [1.29, 1.82) is 0 Å². The molecule has 0 bridgehead atoms. The molecule has 2 aromatic rings. The number of rotatable bonds is 6. The lowest BCUT2D eigenvalue weighted by Gasteiger charge is -2.25. The zero-order chi connectivity index (χ0) is 14.5. The van der Waals surface area contributed by atoms with Crippen LogP contribution in [-0.2, 0) is 6.54 Å². The zero-order valence-corrected chi connectivity index (χ0v) is 14.1. The van der Waals surface area contributed by atoms with Gasteiger partial charge in [-0.1, -0.05) is 34.1 Å². The van der Waals surface area contributed by atoms with Gasteiger partial charge in [0.05, 0.1) is 6.54 Å². The van der Waals surface area contributed by atoms with E-state index < -0.39 is 0 Å². The van der Waals surface area contributed by atoms with Crippen LogP contribution in [0.5, 0.6) is 0 Å². The second-order valence-electron chi connectivity index (χ2n) is 5.01. The fourth-order valence-corrected chi connectivity index (χ4v) is 2.93. The Hall–Kier alpha value is -0.970. The highest BCUT2D eigenvalue weighted by molar-refractivity contribution is 9.10. The Balaban J connectivity index is 2.04. The normalized spacial score (nSPS) is 11.2. The Morgan fingerprint density at radius 1 is 1.25 bits per heavy atom. The summed E-state index contributed by atoms with van der Waals surface area (Å²) in [6.45, 7) is 5.54. The third kappa shape index (κ3) is 4.27. The van der Waals surface area contributed by atoms with Crippen LogP contribution in [0, 0.1) is 0 Å². The lowest BCUT2D eigenvalue weighted by atomic mass is 10.1. The minimum Gasteiger partial charge on any atom is -0.293 e. The summed E-state index contributed by atoms with van der Waals surface area (Å²) in [5, 5.41) is 2.07. The molecule has 0 fully saturated rings. The van der Waals surface area contributed by atoms with E-state index in [4.69, 9.17) is 0 Å². The number of carbonyl (C=O) groups excluding carboxylic acids is 1. The first-order chi connectivity index (χ1) is 9.56. The molecular formula is C16H18BrNOS. The Kier molecular flexibility index (Phi) is 5.52. The van der Waals surface area contributed by atoms with Gasteiger partial charge in [-0.2, -0.15) is 0 Å². The predicted molar refractivity (Wildman–Crippen MR) is 88.3 cm³/mol. The van der Waals surface area contributed by atoms with Crippen LogP contribution in [0.3, 0.4) is 0 Å². The lowest BCUT2D eigenvalue weighted by Crippen LogP contribution is -2.35. The van der Waals surface area contributed by atoms with E-state index in [2.05, 4.69) is 52.2 Å². The van der Waals surface area contributed by atoms with Crippen molar-refractivity contribution in [2.45, 2.75) is 26.4 Å². The maximum Gasteiger partial charge on any atom is 0.176 e. The van der Waals surface area contributed by atoms with Crippen molar-refractivity contribution in [3.05, 3.63) is 56.7 Å². The maximum atomic E-state index is 12.3. The fourth-order valence-electron chi connectivity index (χ4n) is 1.94.